The molecule has 1 atom stereocenters. The van der Waals surface area contributed by atoms with Crippen LogP contribution in [0.1, 0.15) is 18.2 Å². The number of aliphatic hydroxyl groups is 1. The molecule has 1 heterocycles. The van der Waals surface area contributed by atoms with E-state index in [9.17, 15) is 17.6 Å². The van der Waals surface area contributed by atoms with Crippen LogP contribution >= 0.6 is 0 Å². The van der Waals surface area contributed by atoms with E-state index >= 15 is 0 Å². The van der Waals surface area contributed by atoms with Gasteiger partial charge in [-0.3, -0.25) is 0 Å². The smallest absolute Gasteiger partial charge is 0.394 e. The molecule has 132 valence electrons. The average Bonchev–Trinajstić information content (AvgIpc) is 2.54. The van der Waals surface area contributed by atoms with Crippen molar-refractivity contribution in [3.8, 4) is 6.07 Å². The van der Waals surface area contributed by atoms with Gasteiger partial charge >= 0.3 is 6.18 Å². The molecule has 0 bridgehead atoms. The average molecular weight is 355 g/mol. The number of aromatic nitrogens is 2. The van der Waals surface area contributed by atoms with Crippen molar-refractivity contribution >= 4 is 17.5 Å². The molecule has 0 unspecified atom stereocenters. The summed E-state index contributed by atoms with van der Waals surface area (Å²) >= 11 is 0. The molecule has 0 saturated carbocycles. The zero-order valence-corrected chi connectivity index (χ0v) is 12.9. The van der Waals surface area contributed by atoms with Crippen LogP contribution in [0.5, 0.6) is 0 Å². The quantitative estimate of drug-likeness (QED) is 0.714. The molecule has 0 amide bonds. The Balaban J connectivity index is 2.45. The Bertz CT molecular complexity index is 803. The molecule has 1 aromatic heterocycles. The minimum absolute atomic E-state index is 0.0320. The maximum absolute atomic E-state index is 13.6. The van der Waals surface area contributed by atoms with E-state index in [1.807, 2.05) is 0 Å². The standard InChI is InChI=1S/C15H13F4N5O/c1-8(7-25)21-14-23-12(15(17,18)19)5-13(24-14)22-11-4-2-3-10(16)9(11)6-20/h2-5,8,25H,7H2,1H3,(H2,21,22,23,24)/t8-/m0/s1. The largest absolute Gasteiger partial charge is 0.433 e. The summed E-state index contributed by atoms with van der Waals surface area (Å²) in [4.78, 5) is 7.22. The van der Waals surface area contributed by atoms with Gasteiger partial charge < -0.3 is 15.7 Å². The molecule has 0 saturated heterocycles. The fourth-order valence-corrected chi connectivity index (χ4v) is 1.87. The molecule has 3 N–H and O–H groups in total. The lowest BCUT2D eigenvalue weighted by Gasteiger charge is -2.15. The number of alkyl halides is 3. The van der Waals surface area contributed by atoms with Crippen LogP contribution in [0.2, 0.25) is 0 Å². The van der Waals surface area contributed by atoms with Crippen molar-refractivity contribution in [1.82, 2.24) is 9.97 Å². The molecule has 0 spiro atoms. The van der Waals surface area contributed by atoms with Gasteiger partial charge in [0.25, 0.3) is 0 Å². The molecule has 0 radical (unpaired) electrons. The number of hydrogen-bond donors (Lipinski definition) is 3. The van der Waals surface area contributed by atoms with Gasteiger partial charge in [0, 0.05) is 12.1 Å². The van der Waals surface area contributed by atoms with Gasteiger partial charge in [-0.1, -0.05) is 6.07 Å². The summed E-state index contributed by atoms with van der Waals surface area (Å²) in [7, 11) is 0. The van der Waals surface area contributed by atoms with Crippen LogP contribution in [0.4, 0.5) is 35.0 Å². The van der Waals surface area contributed by atoms with Gasteiger partial charge in [0.1, 0.15) is 23.3 Å². The van der Waals surface area contributed by atoms with Crippen LogP contribution in [0.25, 0.3) is 0 Å². The number of rotatable bonds is 5. The number of halogens is 4. The van der Waals surface area contributed by atoms with Crippen molar-refractivity contribution in [2.24, 2.45) is 0 Å². The number of hydrogen-bond acceptors (Lipinski definition) is 6. The van der Waals surface area contributed by atoms with E-state index in [1.165, 1.54) is 19.1 Å². The van der Waals surface area contributed by atoms with Crippen LogP contribution < -0.4 is 10.6 Å². The van der Waals surface area contributed by atoms with Crippen molar-refractivity contribution in [1.29, 1.82) is 5.26 Å². The molecule has 6 nitrogen and oxygen atoms in total. The number of anilines is 3. The zero-order chi connectivity index (χ0) is 18.6. The number of aliphatic hydroxyl groups excluding tert-OH is 1. The van der Waals surface area contributed by atoms with Crippen LogP contribution in [-0.2, 0) is 6.18 Å². The molecule has 0 aliphatic rings. The van der Waals surface area contributed by atoms with Gasteiger partial charge in [-0.25, -0.2) is 9.37 Å². The van der Waals surface area contributed by atoms with Gasteiger partial charge in [0.2, 0.25) is 5.95 Å². The highest BCUT2D eigenvalue weighted by molar-refractivity contribution is 5.65. The van der Waals surface area contributed by atoms with Crippen molar-refractivity contribution in [3.63, 3.8) is 0 Å². The Labute approximate surface area is 140 Å². The molecule has 1 aromatic carbocycles. The second-order valence-corrected chi connectivity index (χ2v) is 5.09. The van der Waals surface area contributed by atoms with Crippen molar-refractivity contribution < 1.29 is 22.7 Å². The summed E-state index contributed by atoms with van der Waals surface area (Å²) < 4.78 is 52.6. The topological polar surface area (TPSA) is 93.9 Å². The highest BCUT2D eigenvalue weighted by Gasteiger charge is 2.34. The fourth-order valence-electron chi connectivity index (χ4n) is 1.87. The summed E-state index contributed by atoms with van der Waals surface area (Å²) in [6.07, 6.45) is -4.74. The lowest BCUT2D eigenvalue weighted by Crippen LogP contribution is -2.22. The summed E-state index contributed by atoms with van der Waals surface area (Å²) in [6, 6.07) is 5.38. The minimum atomic E-state index is -4.74. The van der Waals surface area contributed by atoms with E-state index in [-0.39, 0.29) is 29.6 Å². The summed E-state index contributed by atoms with van der Waals surface area (Å²) in [5, 5.41) is 23.0. The summed E-state index contributed by atoms with van der Waals surface area (Å²) in [5.41, 5.74) is -1.61. The van der Waals surface area contributed by atoms with Crippen LogP contribution in [0, 0.1) is 17.1 Å². The van der Waals surface area contributed by atoms with Crippen molar-refractivity contribution in [2.45, 2.75) is 19.1 Å². The van der Waals surface area contributed by atoms with E-state index in [4.69, 9.17) is 10.4 Å². The molecule has 0 aliphatic carbocycles. The molecular formula is C15H13F4N5O. The monoisotopic (exact) mass is 355 g/mol. The number of nitrogens with one attached hydrogen (secondary N) is 2. The first kappa shape index (κ1) is 18.4. The highest BCUT2D eigenvalue weighted by atomic mass is 19.4. The fraction of sp³-hybridized carbons (Fsp3) is 0.267. The van der Waals surface area contributed by atoms with Crippen molar-refractivity contribution in [2.75, 3.05) is 17.2 Å². The highest BCUT2D eigenvalue weighted by Crippen LogP contribution is 2.31. The van der Waals surface area contributed by atoms with Gasteiger partial charge in [-0.15, -0.1) is 0 Å². The molecule has 0 aliphatic heterocycles. The summed E-state index contributed by atoms with van der Waals surface area (Å²) in [5.74, 6) is -1.46. The number of nitrogens with zero attached hydrogens (tertiary/aromatic N) is 3. The third-order valence-corrected chi connectivity index (χ3v) is 3.05. The van der Waals surface area contributed by atoms with E-state index in [2.05, 4.69) is 20.6 Å². The van der Waals surface area contributed by atoms with E-state index in [0.29, 0.717) is 6.07 Å². The predicted octanol–water partition coefficient (Wildman–Crippen LogP) is 3.04. The Hall–Kier alpha value is -2.93. The second-order valence-electron chi connectivity index (χ2n) is 5.09. The Morgan fingerprint density at radius 1 is 1.32 bits per heavy atom. The third kappa shape index (κ3) is 4.54. The lowest BCUT2D eigenvalue weighted by atomic mass is 10.2. The Kier molecular flexibility index (Phi) is 5.38. The minimum Gasteiger partial charge on any atom is -0.394 e. The summed E-state index contributed by atoms with van der Waals surface area (Å²) in [6.45, 7) is 1.18. The van der Waals surface area contributed by atoms with Crippen LogP contribution in [-0.4, -0.2) is 27.7 Å². The first-order valence-electron chi connectivity index (χ1n) is 7.04. The number of nitriles is 1. The third-order valence-electron chi connectivity index (χ3n) is 3.05. The molecule has 10 heteroatoms. The van der Waals surface area contributed by atoms with Gasteiger partial charge in [-0.05, 0) is 19.1 Å². The van der Waals surface area contributed by atoms with E-state index in [1.54, 1.807) is 6.07 Å². The first-order valence-corrected chi connectivity index (χ1v) is 7.04. The maximum Gasteiger partial charge on any atom is 0.433 e. The molecule has 2 rings (SSSR count). The van der Waals surface area contributed by atoms with Crippen LogP contribution in [0.15, 0.2) is 24.3 Å². The first-order chi connectivity index (χ1) is 11.7. The van der Waals surface area contributed by atoms with Crippen molar-refractivity contribution in [3.05, 3.63) is 41.3 Å². The zero-order valence-electron chi connectivity index (χ0n) is 12.9. The van der Waals surface area contributed by atoms with Gasteiger partial charge in [-0.2, -0.15) is 23.4 Å². The Morgan fingerprint density at radius 3 is 2.64 bits per heavy atom. The molecular weight excluding hydrogens is 342 g/mol. The van der Waals surface area contributed by atoms with E-state index < -0.39 is 23.7 Å². The molecule has 2 aromatic rings. The van der Waals surface area contributed by atoms with Gasteiger partial charge in [0.15, 0.2) is 5.69 Å². The van der Waals surface area contributed by atoms with Crippen LogP contribution in [0.3, 0.4) is 0 Å². The number of benzene rings is 1. The molecule has 0 fully saturated rings. The second kappa shape index (κ2) is 7.31. The maximum atomic E-state index is 13.6. The SMILES string of the molecule is C[C@@H](CO)Nc1nc(Nc2cccc(F)c2C#N)cc(C(F)(F)F)n1. The lowest BCUT2D eigenvalue weighted by molar-refractivity contribution is -0.141. The predicted molar refractivity (Wildman–Crippen MR) is 81.6 cm³/mol. The normalized spacial score (nSPS) is 12.4. The van der Waals surface area contributed by atoms with Gasteiger partial charge in [0.05, 0.1) is 12.3 Å². The molecule has 25 heavy (non-hydrogen) atoms. The Morgan fingerprint density at radius 2 is 2.04 bits per heavy atom. The van der Waals surface area contributed by atoms with E-state index in [0.717, 1.165) is 6.07 Å².